The average Bonchev–Trinajstić information content (AvgIpc) is 2.46. The summed E-state index contributed by atoms with van der Waals surface area (Å²) in [7, 11) is 0. The predicted molar refractivity (Wildman–Crippen MR) is 79.5 cm³/mol. The van der Waals surface area contributed by atoms with E-state index in [0.717, 1.165) is 43.2 Å². The molecule has 0 saturated heterocycles. The molecule has 2 N–H and O–H groups in total. The van der Waals surface area contributed by atoms with Gasteiger partial charge in [0.2, 0.25) is 0 Å². The summed E-state index contributed by atoms with van der Waals surface area (Å²) in [5, 5.41) is 19.4. The molecule has 110 valence electrons. The SMILES string of the molecule is CCCCc1cc(C2CCCCC2)cc(C(=O)O)c1O. The second kappa shape index (κ2) is 6.78. The number of aryl methyl sites for hydroxylation is 1. The second-order valence-corrected chi connectivity index (χ2v) is 5.82. The van der Waals surface area contributed by atoms with Crippen molar-refractivity contribution in [1.29, 1.82) is 0 Å². The molecule has 1 fully saturated rings. The molecular weight excluding hydrogens is 252 g/mol. The molecule has 0 aliphatic heterocycles. The number of carboxylic acids is 1. The summed E-state index contributed by atoms with van der Waals surface area (Å²) in [5.41, 5.74) is 1.97. The van der Waals surface area contributed by atoms with Crippen molar-refractivity contribution >= 4 is 5.97 Å². The Hall–Kier alpha value is -1.51. The number of rotatable bonds is 5. The maximum absolute atomic E-state index is 11.3. The molecule has 0 bridgehead atoms. The molecule has 0 unspecified atom stereocenters. The number of unbranched alkanes of at least 4 members (excludes halogenated alkanes) is 1. The van der Waals surface area contributed by atoms with Gasteiger partial charge in [-0.1, -0.05) is 38.7 Å². The van der Waals surface area contributed by atoms with Crippen LogP contribution >= 0.6 is 0 Å². The highest BCUT2D eigenvalue weighted by Gasteiger charge is 2.21. The molecule has 0 atom stereocenters. The van der Waals surface area contributed by atoms with E-state index in [1.807, 2.05) is 6.07 Å². The highest BCUT2D eigenvalue weighted by Crippen LogP contribution is 2.36. The van der Waals surface area contributed by atoms with Crippen LogP contribution in [0.2, 0.25) is 0 Å². The lowest BCUT2D eigenvalue weighted by Crippen LogP contribution is -2.08. The zero-order chi connectivity index (χ0) is 14.5. The Morgan fingerprint density at radius 2 is 1.95 bits per heavy atom. The van der Waals surface area contributed by atoms with Crippen LogP contribution in [0.15, 0.2) is 12.1 Å². The van der Waals surface area contributed by atoms with Gasteiger partial charge in [-0.3, -0.25) is 0 Å². The van der Waals surface area contributed by atoms with Gasteiger partial charge in [-0.2, -0.15) is 0 Å². The van der Waals surface area contributed by atoms with Crippen LogP contribution in [0, 0.1) is 0 Å². The van der Waals surface area contributed by atoms with Crippen LogP contribution < -0.4 is 0 Å². The third kappa shape index (κ3) is 3.33. The smallest absolute Gasteiger partial charge is 0.339 e. The van der Waals surface area contributed by atoms with Crippen molar-refractivity contribution in [3.8, 4) is 5.75 Å². The number of aromatic carboxylic acids is 1. The molecule has 0 aromatic heterocycles. The molecular formula is C17H24O3. The zero-order valence-electron chi connectivity index (χ0n) is 12.2. The number of carbonyl (C=O) groups is 1. The van der Waals surface area contributed by atoms with Gasteiger partial charge in [0.15, 0.2) is 0 Å². The summed E-state index contributed by atoms with van der Waals surface area (Å²) in [4.78, 5) is 11.3. The first-order valence-corrected chi connectivity index (χ1v) is 7.72. The first-order chi connectivity index (χ1) is 9.63. The Bertz CT molecular complexity index is 473. The van der Waals surface area contributed by atoms with Crippen LogP contribution in [0.3, 0.4) is 0 Å². The Morgan fingerprint density at radius 1 is 1.25 bits per heavy atom. The van der Waals surface area contributed by atoms with E-state index in [4.69, 9.17) is 0 Å². The standard InChI is InChI=1S/C17H24O3/c1-2-3-7-13-10-14(12-8-5-4-6-9-12)11-15(16(13)18)17(19)20/h10-12,18H,2-9H2,1H3,(H,19,20). The number of carboxylic acid groups (broad SMARTS) is 1. The fourth-order valence-corrected chi connectivity index (χ4v) is 3.11. The van der Waals surface area contributed by atoms with Crippen molar-refractivity contribution in [2.75, 3.05) is 0 Å². The summed E-state index contributed by atoms with van der Waals surface area (Å²) in [6.07, 6.45) is 8.76. The Balaban J connectivity index is 2.35. The third-order valence-electron chi connectivity index (χ3n) is 4.32. The normalized spacial score (nSPS) is 16.2. The number of hydrogen-bond donors (Lipinski definition) is 2. The fraction of sp³-hybridized carbons (Fsp3) is 0.588. The van der Waals surface area contributed by atoms with Crippen molar-refractivity contribution in [3.05, 3.63) is 28.8 Å². The van der Waals surface area contributed by atoms with Crippen molar-refractivity contribution in [3.63, 3.8) is 0 Å². The number of phenols is 1. The summed E-state index contributed by atoms with van der Waals surface area (Å²) in [6, 6.07) is 3.72. The molecule has 0 heterocycles. The van der Waals surface area contributed by atoms with Crippen LogP contribution in [-0.4, -0.2) is 16.2 Å². The first-order valence-electron chi connectivity index (χ1n) is 7.72. The van der Waals surface area contributed by atoms with E-state index in [0.29, 0.717) is 5.92 Å². The molecule has 1 aromatic rings. The molecule has 1 saturated carbocycles. The lowest BCUT2D eigenvalue weighted by Gasteiger charge is -2.23. The van der Waals surface area contributed by atoms with E-state index in [2.05, 4.69) is 6.92 Å². The molecule has 0 amide bonds. The molecule has 1 aliphatic rings. The first kappa shape index (κ1) is 14.9. The van der Waals surface area contributed by atoms with Crippen molar-refractivity contribution in [2.24, 2.45) is 0 Å². The summed E-state index contributed by atoms with van der Waals surface area (Å²) in [5.74, 6) is -0.605. The topological polar surface area (TPSA) is 57.5 Å². The van der Waals surface area contributed by atoms with Crippen LogP contribution in [0.25, 0.3) is 0 Å². The highest BCUT2D eigenvalue weighted by molar-refractivity contribution is 5.91. The largest absolute Gasteiger partial charge is 0.507 e. The second-order valence-electron chi connectivity index (χ2n) is 5.82. The van der Waals surface area contributed by atoms with Gasteiger partial charge in [-0.15, -0.1) is 0 Å². The Kier molecular flexibility index (Phi) is 5.05. The molecule has 0 radical (unpaired) electrons. The van der Waals surface area contributed by atoms with Gasteiger partial charge in [0.1, 0.15) is 11.3 Å². The van der Waals surface area contributed by atoms with Gasteiger partial charge in [0.05, 0.1) is 0 Å². The third-order valence-corrected chi connectivity index (χ3v) is 4.32. The van der Waals surface area contributed by atoms with E-state index >= 15 is 0 Å². The predicted octanol–water partition coefficient (Wildman–Crippen LogP) is 4.48. The molecule has 1 aromatic carbocycles. The minimum absolute atomic E-state index is 0.0366. The van der Waals surface area contributed by atoms with E-state index in [9.17, 15) is 15.0 Å². The van der Waals surface area contributed by atoms with Crippen LogP contribution in [-0.2, 0) is 6.42 Å². The maximum Gasteiger partial charge on any atom is 0.339 e. The van der Waals surface area contributed by atoms with Crippen molar-refractivity contribution in [1.82, 2.24) is 0 Å². The Labute approximate surface area is 120 Å². The summed E-state index contributed by atoms with van der Waals surface area (Å²) in [6.45, 7) is 2.10. The van der Waals surface area contributed by atoms with E-state index < -0.39 is 5.97 Å². The molecule has 20 heavy (non-hydrogen) atoms. The van der Waals surface area contributed by atoms with Crippen LogP contribution in [0.5, 0.6) is 5.75 Å². The van der Waals surface area contributed by atoms with Gasteiger partial charge in [-0.25, -0.2) is 4.79 Å². The highest BCUT2D eigenvalue weighted by atomic mass is 16.4. The Morgan fingerprint density at radius 3 is 2.55 bits per heavy atom. The average molecular weight is 276 g/mol. The number of aromatic hydroxyl groups is 1. The molecule has 3 heteroatoms. The lowest BCUT2D eigenvalue weighted by atomic mass is 9.82. The number of hydrogen-bond acceptors (Lipinski definition) is 2. The van der Waals surface area contributed by atoms with Crippen molar-refractivity contribution in [2.45, 2.75) is 64.2 Å². The minimum Gasteiger partial charge on any atom is -0.507 e. The molecule has 1 aliphatic carbocycles. The van der Waals surface area contributed by atoms with E-state index in [-0.39, 0.29) is 11.3 Å². The monoisotopic (exact) mass is 276 g/mol. The van der Waals surface area contributed by atoms with Gasteiger partial charge >= 0.3 is 5.97 Å². The quantitative estimate of drug-likeness (QED) is 0.833. The molecule has 0 spiro atoms. The maximum atomic E-state index is 11.3. The van der Waals surface area contributed by atoms with Gasteiger partial charge in [0, 0.05) is 0 Å². The van der Waals surface area contributed by atoms with Crippen LogP contribution in [0.1, 0.15) is 79.3 Å². The fourth-order valence-electron chi connectivity index (χ4n) is 3.11. The van der Waals surface area contributed by atoms with Gasteiger partial charge < -0.3 is 10.2 Å². The van der Waals surface area contributed by atoms with E-state index in [1.165, 1.54) is 19.3 Å². The number of benzene rings is 1. The molecule has 2 rings (SSSR count). The zero-order valence-corrected chi connectivity index (χ0v) is 12.2. The van der Waals surface area contributed by atoms with Crippen LogP contribution in [0.4, 0.5) is 0 Å². The summed E-state index contributed by atoms with van der Waals surface area (Å²) < 4.78 is 0. The van der Waals surface area contributed by atoms with E-state index in [1.54, 1.807) is 6.07 Å². The van der Waals surface area contributed by atoms with Gasteiger partial charge in [0.25, 0.3) is 0 Å². The van der Waals surface area contributed by atoms with Gasteiger partial charge in [-0.05, 0) is 48.8 Å². The summed E-state index contributed by atoms with van der Waals surface area (Å²) >= 11 is 0. The lowest BCUT2D eigenvalue weighted by molar-refractivity contribution is 0.0693. The van der Waals surface area contributed by atoms with Crippen molar-refractivity contribution < 1.29 is 15.0 Å². The minimum atomic E-state index is -1.03. The molecule has 3 nitrogen and oxygen atoms in total.